The molecular weight excluding hydrogens is 318 g/mol. The topological polar surface area (TPSA) is 51.9 Å². The molecule has 1 aromatic carbocycles. The Morgan fingerprint density at radius 1 is 1.35 bits per heavy atom. The van der Waals surface area contributed by atoms with Crippen LogP contribution in [0.1, 0.15) is 11.3 Å². The van der Waals surface area contributed by atoms with E-state index in [-0.39, 0.29) is 12.5 Å². The highest BCUT2D eigenvalue weighted by Crippen LogP contribution is 2.21. The van der Waals surface area contributed by atoms with E-state index in [1.165, 1.54) is 0 Å². The SMILES string of the molecule is COCCN(Cc1ccco1)C(=O)COc1ccc(Cl)c(C)c1. The van der Waals surface area contributed by atoms with Gasteiger partial charge in [-0.2, -0.15) is 0 Å². The lowest BCUT2D eigenvalue weighted by Gasteiger charge is -2.21. The van der Waals surface area contributed by atoms with Gasteiger partial charge in [-0.3, -0.25) is 4.79 Å². The second-order valence-corrected chi connectivity index (χ2v) is 5.49. The lowest BCUT2D eigenvalue weighted by atomic mass is 10.2. The maximum atomic E-state index is 12.4. The summed E-state index contributed by atoms with van der Waals surface area (Å²) in [6.45, 7) is 3.15. The molecule has 1 aromatic heterocycles. The van der Waals surface area contributed by atoms with Gasteiger partial charge in [-0.25, -0.2) is 0 Å². The van der Waals surface area contributed by atoms with Gasteiger partial charge in [-0.1, -0.05) is 11.6 Å². The van der Waals surface area contributed by atoms with E-state index in [4.69, 9.17) is 25.5 Å². The first-order valence-electron chi connectivity index (χ1n) is 7.28. The molecule has 0 spiro atoms. The van der Waals surface area contributed by atoms with Crippen LogP contribution in [0.25, 0.3) is 0 Å². The van der Waals surface area contributed by atoms with E-state index in [0.29, 0.717) is 30.5 Å². The van der Waals surface area contributed by atoms with E-state index in [1.807, 2.05) is 19.1 Å². The molecule has 0 bridgehead atoms. The Hall–Kier alpha value is -1.98. The summed E-state index contributed by atoms with van der Waals surface area (Å²) in [4.78, 5) is 14.0. The van der Waals surface area contributed by atoms with Gasteiger partial charge in [0, 0.05) is 18.7 Å². The number of rotatable bonds is 8. The summed E-state index contributed by atoms with van der Waals surface area (Å²) in [5.41, 5.74) is 0.906. The zero-order valence-corrected chi connectivity index (χ0v) is 14.0. The van der Waals surface area contributed by atoms with Crippen LogP contribution >= 0.6 is 11.6 Å². The van der Waals surface area contributed by atoms with E-state index in [9.17, 15) is 4.79 Å². The number of ether oxygens (including phenoxy) is 2. The molecular formula is C17H20ClNO4. The van der Waals surface area contributed by atoms with Crippen LogP contribution in [-0.2, 0) is 16.1 Å². The Morgan fingerprint density at radius 2 is 2.17 bits per heavy atom. The standard InChI is InChI=1S/C17H20ClNO4/c1-13-10-14(5-6-16(13)18)23-12-17(20)19(7-9-21-2)11-15-4-3-8-22-15/h3-6,8,10H,7,9,11-12H2,1-2H3. The summed E-state index contributed by atoms with van der Waals surface area (Å²) >= 11 is 5.98. The maximum Gasteiger partial charge on any atom is 0.260 e. The number of aryl methyl sites for hydroxylation is 1. The van der Waals surface area contributed by atoms with Crippen molar-refractivity contribution in [1.82, 2.24) is 4.90 Å². The predicted molar refractivity (Wildman–Crippen MR) is 87.7 cm³/mol. The monoisotopic (exact) mass is 337 g/mol. The highest BCUT2D eigenvalue weighted by atomic mass is 35.5. The number of carbonyl (C=O) groups excluding carboxylic acids is 1. The van der Waals surface area contributed by atoms with Gasteiger partial charge >= 0.3 is 0 Å². The van der Waals surface area contributed by atoms with Crippen molar-refractivity contribution in [2.24, 2.45) is 0 Å². The third-order valence-corrected chi connectivity index (χ3v) is 3.76. The molecule has 0 atom stereocenters. The average Bonchev–Trinajstić information content (AvgIpc) is 3.05. The number of carbonyl (C=O) groups is 1. The van der Waals surface area contributed by atoms with E-state index < -0.39 is 0 Å². The van der Waals surface area contributed by atoms with Crippen molar-refractivity contribution in [2.45, 2.75) is 13.5 Å². The number of hydrogen-bond donors (Lipinski definition) is 0. The summed E-state index contributed by atoms with van der Waals surface area (Å²) < 4.78 is 15.9. The largest absolute Gasteiger partial charge is 0.484 e. The quantitative estimate of drug-likeness (QED) is 0.741. The third-order valence-electron chi connectivity index (χ3n) is 3.34. The maximum absolute atomic E-state index is 12.4. The van der Waals surface area contributed by atoms with Crippen molar-refractivity contribution >= 4 is 17.5 Å². The third kappa shape index (κ3) is 5.30. The molecule has 23 heavy (non-hydrogen) atoms. The summed E-state index contributed by atoms with van der Waals surface area (Å²) in [5, 5.41) is 0.670. The molecule has 1 heterocycles. The minimum absolute atomic E-state index is 0.0501. The average molecular weight is 338 g/mol. The second kappa shape index (κ2) is 8.60. The number of amides is 1. The lowest BCUT2D eigenvalue weighted by Crippen LogP contribution is -2.36. The smallest absolute Gasteiger partial charge is 0.260 e. The highest BCUT2D eigenvalue weighted by molar-refractivity contribution is 6.31. The molecule has 2 aromatic rings. The van der Waals surface area contributed by atoms with Gasteiger partial charge in [0.25, 0.3) is 5.91 Å². The number of hydrogen-bond acceptors (Lipinski definition) is 4. The van der Waals surface area contributed by atoms with Crippen molar-refractivity contribution in [3.63, 3.8) is 0 Å². The van der Waals surface area contributed by atoms with Crippen molar-refractivity contribution in [2.75, 3.05) is 26.9 Å². The van der Waals surface area contributed by atoms with Crippen LogP contribution < -0.4 is 4.74 Å². The van der Waals surface area contributed by atoms with E-state index in [0.717, 1.165) is 11.3 Å². The number of furan rings is 1. The molecule has 0 radical (unpaired) electrons. The fraction of sp³-hybridized carbons (Fsp3) is 0.353. The van der Waals surface area contributed by atoms with Crippen LogP contribution in [0.3, 0.4) is 0 Å². The molecule has 5 nitrogen and oxygen atoms in total. The van der Waals surface area contributed by atoms with Crippen molar-refractivity contribution in [3.05, 3.63) is 52.9 Å². The molecule has 0 aliphatic rings. The normalized spacial score (nSPS) is 10.6. The summed E-state index contributed by atoms with van der Waals surface area (Å²) in [5.74, 6) is 1.20. The van der Waals surface area contributed by atoms with Crippen molar-refractivity contribution < 1.29 is 18.7 Å². The zero-order chi connectivity index (χ0) is 16.7. The molecule has 6 heteroatoms. The fourth-order valence-corrected chi connectivity index (χ4v) is 2.14. The minimum Gasteiger partial charge on any atom is -0.484 e. The molecule has 0 saturated carbocycles. The van der Waals surface area contributed by atoms with Crippen LogP contribution in [0.5, 0.6) is 5.75 Å². The summed E-state index contributed by atoms with van der Waals surface area (Å²) in [6, 6.07) is 8.93. The Bertz CT molecular complexity index is 628. The number of benzene rings is 1. The minimum atomic E-state index is -0.133. The first-order chi connectivity index (χ1) is 11.1. The molecule has 0 saturated heterocycles. The van der Waals surface area contributed by atoms with Crippen LogP contribution in [0.2, 0.25) is 5.02 Å². The van der Waals surface area contributed by atoms with E-state index >= 15 is 0 Å². The first-order valence-corrected chi connectivity index (χ1v) is 7.66. The highest BCUT2D eigenvalue weighted by Gasteiger charge is 2.16. The molecule has 0 aliphatic carbocycles. The van der Waals surface area contributed by atoms with Gasteiger partial charge in [0.1, 0.15) is 11.5 Å². The van der Waals surface area contributed by atoms with Crippen LogP contribution in [0.4, 0.5) is 0 Å². The Morgan fingerprint density at radius 3 is 2.83 bits per heavy atom. The van der Waals surface area contributed by atoms with E-state index in [2.05, 4.69) is 0 Å². The van der Waals surface area contributed by atoms with Gasteiger partial charge in [0.2, 0.25) is 0 Å². The number of nitrogens with zero attached hydrogens (tertiary/aromatic N) is 1. The second-order valence-electron chi connectivity index (χ2n) is 5.09. The first kappa shape index (κ1) is 17.4. The lowest BCUT2D eigenvalue weighted by molar-refractivity contribution is -0.134. The van der Waals surface area contributed by atoms with Crippen LogP contribution in [0.15, 0.2) is 41.0 Å². The Kier molecular flexibility index (Phi) is 6.50. The van der Waals surface area contributed by atoms with Crippen molar-refractivity contribution in [1.29, 1.82) is 0 Å². The summed E-state index contributed by atoms with van der Waals surface area (Å²) in [6.07, 6.45) is 1.58. The molecule has 124 valence electrons. The Balaban J connectivity index is 1.94. The van der Waals surface area contributed by atoms with Gasteiger partial charge in [0.15, 0.2) is 6.61 Å². The number of methoxy groups -OCH3 is 1. The zero-order valence-electron chi connectivity index (χ0n) is 13.3. The molecule has 1 amide bonds. The van der Waals surface area contributed by atoms with Gasteiger partial charge in [-0.15, -0.1) is 0 Å². The Labute approximate surface area is 140 Å². The van der Waals surface area contributed by atoms with E-state index in [1.54, 1.807) is 36.5 Å². The number of halogens is 1. The van der Waals surface area contributed by atoms with Crippen molar-refractivity contribution in [3.8, 4) is 5.75 Å². The van der Waals surface area contributed by atoms with Gasteiger partial charge in [0.05, 0.1) is 19.4 Å². The predicted octanol–water partition coefficient (Wildman–Crippen LogP) is 3.30. The van der Waals surface area contributed by atoms with Gasteiger partial charge in [-0.05, 0) is 42.8 Å². The molecule has 0 N–H and O–H groups in total. The molecule has 0 aliphatic heterocycles. The molecule has 2 rings (SSSR count). The van der Waals surface area contributed by atoms with Crippen LogP contribution in [0, 0.1) is 6.92 Å². The van der Waals surface area contributed by atoms with Gasteiger partial charge < -0.3 is 18.8 Å². The molecule has 0 fully saturated rings. The fourth-order valence-electron chi connectivity index (χ4n) is 2.03. The van der Waals surface area contributed by atoms with Crippen LogP contribution in [-0.4, -0.2) is 37.7 Å². The molecule has 0 unspecified atom stereocenters. The summed E-state index contributed by atoms with van der Waals surface area (Å²) in [7, 11) is 1.60.